The van der Waals surface area contributed by atoms with Crippen LogP contribution < -0.4 is 11.1 Å². The van der Waals surface area contributed by atoms with Gasteiger partial charge < -0.3 is 39.5 Å². The number of nitrogens with two attached hydrogens (primary N) is 1. The molecule has 2 aromatic rings. The summed E-state index contributed by atoms with van der Waals surface area (Å²) >= 11 is 0. The fourth-order valence-corrected chi connectivity index (χ4v) is 3.83. The van der Waals surface area contributed by atoms with Gasteiger partial charge in [-0.1, -0.05) is 24.3 Å². The highest BCUT2D eigenvalue weighted by molar-refractivity contribution is 5.85. The number of halogens is 1. The van der Waals surface area contributed by atoms with Gasteiger partial charge in [0, 0.05) is 30.7 Å². The van der Waals surface area contributed by atoms with Gasteiger partial charge in [-0.25, -0.2) is 19.2 Å². The Labute approximate surface area is 337 Å². The number of nitrogens with zero attached hydrogens (tertiary/aromatic N) is 2. The van der Waals surface area contributed by atoms with E-state index in [-0.39, 0.29) is 43.4 Å². The second-order valence-corrected chi connectivity index (χ2v) is 14.6. The van der Waals surface area contributed by atoms with E-state index in [0.717, 1.165) is 5.56 Å². The highest BCUT2D eigenvalue weighted by Gasteiger charge is 2.27. The van der Waals surface area contributed by atoms with Crippen molar-refractivity contribution in [2.75, 3.05) is 13.2 Å². The van der Waals surface area contributed by atoms with E-state index < -0.39 is 69.1 Å². The predicted molar refractivity (Wildman–Crippen MR) is 209 cm³/mol. The van der Waals surface area contributed by atoms with Crippen LogP contribution in [0.1, 0.15) is 87.3 Å². The molecule has 0 aliphatic carbocycles. The smallest absolute Gasteiger partial charge is 0.465 e. The Morgan fingerprint density at radius 1 is 0.632 bits per heavy atom. The average molecular weight is 831 g/mol. The number of esters is 2. The molecule has 0 spiro atoms. The number of nitro benzene ring substituents is 2. The lowest BCUT2D eigenvalue weighted by atomic mass is 10.1. The number of non-ortho nitro benzene ring substituents is 2. The lowest BCUT2D eigenvalue weighted by Crippen LogP contribution is -2.45. The van der Waals surface area contributed by atoms with Crippen molar-refractivity contribution in [2.24, 2.45) is 5.73 Å². The molecular weight excluding hydrogens is 776 g/mol. The van der Waals surface area contributed by atoms with Gasteiger partial charge >= 0.3 is 30.3 Å². The van der Waals surface area contributed by atoms with Crippen LogP contribution in [0.25, 0.3) is 0 Å². The number of nitrogens with one attached hydrogen (secondary N) is 1. The number of amides is 1. The van der Waals surface area contributed by atoms with E-state index in [0.29, 0.717) is 12.0 Å². The summed E-state index contributed by atoms with van der Waals surface area (Å²) in [5.41, 5.74) is 4.91. The van der Waals surface area contributed by atoms with E-state index in [1.54, 1.807) is 88.3 Å². The summed E-state index contributed by atoms with van der Waals surface area (Å²) in [6, 6.07) is 9.98. The zero-order chi connectivity index (χ0) is 43.4. The first kappa shape index (κ1) is 53.5. The zero-order valence-electron chi connectivity index (χ0n) is 34.1. The van der Waals surface area contributed by atoms with Crippen LogP contribution in [0.15, 0.2) is 48.5 Å². The van der Waals surface area contributed by atoms with Crippen LogP contribution in [-0.4, -0.2) is 82.3 Å². The summed E-state index contributed by atoms with van der Waals surface area (Å²) in [5.74, 6) is -1.06. The molecule has 0 saturated carbocycles. The van der Waals surface area contributed by atoms with Crippen molar-refractivity contribution >= 4 is 54.1 Å². The molecule has 0 radical (unpaired) electrons. The van der Waals surface area contributed by atoms with Gasteiger partial charge in [-0.05, 0) is 93.7 Å². The minimum atomic E-state index is -1.06. The van der Waals surface area contributed by atoms with Crippen LogP contribution in [0, 0.1) is 20.2 Å². The Balaban J connectivity index is 0. The van der Waals surface area contributed by atoms with Gasteiger partial charge in [0.2, 0.25) is 0 Å². The predicted octanol–water partition coefficient (Wildman–Crippen LogP) is 6.92. The first-order valence-electron chi connectivity index (χ1n) is 17.3. The number of carbonyl (C=O) groups is 5. The molecule has 20 heteroatoms. The first-order valence-corrected chi connectivity index (χ1v) is 17.3. The van der Waals surface area contributed by atoms with Gasteiger partial charge in [-0.3, -0.25) is 25.0 Å². The number of hydrogen-bond acceptors (Lipinski definition) is 16. The molecule has 0 unspecified atom stereocenters. The van der Waals surface area contributed by atoms with Crippen molar-refractivity contribution in [2.45, 2.75) is 118 Å². The molecule has 0 aliphatic rings. The average Bonchev–Trinajstić information content (AvgIpc) is 3.03. The Hall–Kier alpha value is -5.56. The fraction of sp³-hybridized carbons (Fsp3) is 0.541. The van der Waals surface area contributed by atoms with Crippen molar-refractivity contribution in [3.63, 3.8) is 0 Å². The summed E-state index contributed by atoms with van der Waals surface area (Å²) < 4.78 is 28.7. The number of hydrogen-bond donors (Lipinski definition) is 2. The van der Waals surface area contributed by atoms with Crippen molar-refractivity contribution in [3.8, 4) is 0 Å². The maximum atomic E-state index is 12.0. The molecule has 1 amide bonds. The summed E-state index contributed by atoms with van der Waals surface area (Å²) in [4.78, 5) is 77.3. The van der Waals surface area contributed by atoms with E-state index in [4.69, 9.17) is 29.4 Å². The Bertz CT molecular complexity index is 1590. The molecule has 57 heavy (non-hydrogen) atoms. The van der Waals surface area contributed by atoms with E-state index in [1.165, 1.54) is 36.4 Å². The lowest BCUT2D eigenvalue weighted by Gasteiger charge is -2.23. The van der Waals surface area contributed by atoms with Crippen LogP contribution >= 0.6 is 12.4 Å². The van der Waals surface area contributed by atoms with Crippen molar-refractivity contribution in [1.82, 2.24) is 5.32 Å². The lowest BCUT2D eigenvalue weighted by molar-refractivity contribution is -0.385. The Morgan fingerprint density at radius 3 is 1.32 bits per heavy atom. The van der Waals surface area contributed by atoms with Crippen molar-refractivity contribution < 1.29 is 62.2 Å². The number of carbonyl (C=O) groups excluding carboxylic acids is 5. The standard InChI is InChI=1S/C16H22N2O6.C11H14N2O4.C10H18O5.ClH/c1-5-23-14(19)13(17-15(20)24-16(2,3)4)10-11-6-8-12(9-7-11)18(21)22;1-2-17-11(14)10(12)7-8-3-5-9(6-4-8)13(15)16;1-9(2,3)14-7(11)13-8(12)15-10(4,5)6;/h6-9,13H,5,10H2,1-4H3,(H,17,20);3-6,10H,2,7,12H2,1H3;1-6H3;1H/t13-;10-;;/m00../s1. The maximum absolute atomic E-state index is 12.0. The van der Waals surface area contributed by atoms with Crippen LogP contribution in [0.5, 0.6) is 0 Å². The second kappa shape index (κ2) is 24.8. The summed E-state index contributed by atoms with van der Waals surface area (Å²) in [6.45, 7) is 19.0. The molecule has 0 aliphatic heterocycles. The topological polar surface area (TPSA) is 265 Å². The van der Waals surface area contributed by atoms with E-state index in [1.807, 2.05) is 0 Å². The van der Waals surface area contributed by atoms with Gasteiger partial charge in [0.15, 0.2) is 0 Å². The van der Waals surface area contributed by atoms with E-state index in [2.05, 4.69) is 10.1 Å². The van der Waals surface area contributed by atoms with Crippen LogP contribution in [0.2, 0.25) is 0 Å². The minimum absolute atomic E-state index is 0. The van der Waals surface area contributed by atoms with Gasteiger partial charge in [-0.15, -0.1) is 12.4 Å². The molecule has 3 N–H and O–H groups in total. The second-order valence-electron chi connectivity index (χ2n) is 14.6. The molecule has 2 aromatic carbocycles. The van der Waals surface area contributed by atoms with Gasteiger partial charge in [0.1, 0.15) is 28.9 Å². The fourth-order valence-electron chi connectivity index (χ4n) is 3.83. The van der Waals surface area contributed by atoms with Crippen molar-refractivity contribution in [3.05, 3.63) is 79.9 Å². The molecule has 2 atom stereocenters. The first-order chi connectivity index (χ1) is 25.7. The largest absolute Gasteiger partial charge is 0.519 e. The monoisotopic (exact) mass is 830 g/mol. The molecule has 320 valence electrons. The number of nitro groups is 2. The summed E-state index contributed by atoms with van der Waals surface area (Å²) in [6.07, 6.45) is -2.41. The number of ether oxygens (including phenoxy) is 6. The molecule has 0 saturated heterocycles. The third-order valence-corrected chi connectivity index (χ3v) is 5.99. The Kier molecular flexibility index (Phi) is 23.3. The number of rotatable bonds is 11. The molecule has 0 heterocycles. The molecule has 0 fully saturated rings. The summed E-state index contributed by atoms with van der Waals surface area (Å²) in [7, 11) is 0. The van der Waals surface area contributed by atoms with E-state index in [9.17, 15) is 44.2 Å². The minimum Gasteiger partial charge on any atom is -0.465 e. The normalized spacial score (nSPS) is 11.8. The maximum Gasteiger partial charge on any atom is 0.519 e. The quantitative estimate of drug-likeness (QED) is 0.0765. The molecule has 2 rings (SSSR count). The summed E-state index contributed by atoms with van der Waals surface area (Å²) in [5, 5.41) is 23.6. The third-order valence-electron chi connectivity index (χ3n) is 5.99. The zero-order valence-corrected chi connectivity index (χ0v) is 34.9. The van der Waals surface area contributed by atoms with Crippen molar-refractivity contribution in [1.29, 1.82) is 0 Å². The van der Waals surface area contributed by atoms with Crippen LogP contribution in [0.4, 0.5) is 25.8 Å². The molecule has 0 aromatic heterocycles. The third kappa shape index (κ3) is 26.0. The van der Waals surface area contributed by atoms with E-state index >= 15 is 0 Å². The van der Waals surface area contributed by atoms with Crippen LogP contribution in [0.3, 0.4) is 0 Å². The highest BCUT2D eigenvalue weighted by atomic mass is 35.5. The van der Waals surface area contributed by atoms with Crippen LogP contribution in [-0.2, 0) is 50.9 Å². The number of benzene rings is 2. The Morgan fingerprint density at radius 2 is 0.982 bits per heavy atom. The number of alkyl carbamates (subject to hydrolysis) is 1. The molecule has 19 nitrogen and oxygen atoms in total. The van der Waals surface area contributed by atoms with Gasteiger partial charge in [-0.2, -0.15) is 0 Å². The molecular formula is C37H55ClN4O15. The molecule has 0 bridgehead atoms. The van der Waals surface area contributed by atoms with Gasteiger partial charge in [0.05, 0.1) is 23.1 Å². The van der Waals surface area contributed by atoms with Gasteiger partial charge in [0.25, 0.3) is 11.4 Å². The SMILES string of the molecule is CC(C)(C)OC(=O)OC(=O)OC(C)(C)C.CCOC(=O)[C@@H](N)Cc1ccc([N+](=O)[O-])cc1.CCOC(=O)[C@H](Cc1ccc([N+](=O)[O-])cc1)NC(=O)OC(C)(C)C.Cl. The highest BCUT2D eigenvalue weighted by Crippen LogP contribution is 2.16.